The van der Waals surface area contributed by atoms with E-state index >= 15 is 0 Å². The number of carbonyl (C=O) groups is 1. The summed E-state index contributed by atoms with van der Waals surface area (Å²) in [6.45, 7) is 8.48. The molecule has 2 aliphatic rings. The van der Waals surface area contributed by atoms with Gasteiger partial charge in [-0.1, -0.05) is 30.3 Å². The van der Waals surface area contributed by atoms with Gasteiger partial charge in [-0.05, 0) is 56.3 Å². The van der Waals surface area contributed by atoms with Crippen LogP contribution in [0, 0.1) is 25.7 Å². The molecule has 1 amide bonds. The molecule has 2 saturated heterocycles. The van der Waals surface area contributed by atoms with Gasteiger partial charge in [0.25, 0.3) is 5.91 Å². The van der Waals surface area contributed by atoms with Gasteiger partial charge in [0, 0.05) is 50.2 Å². The maximum Gasteiger partial charge on any atom is 0.257 e. The van der Waals surface area contributed by atoms with Crippen LogP contribution < -0.4 is 5.73 Å². The van der Waals surface area contributed by atoms with Gasteiger partial charge in [-0.25, -0.2) is 9.97 Å². The molecule has 2 aliphatic heterocycles. The fourth-order valence-corrected chi connectivity index (χ4v) is 5.44. The Morgan fingerprint density at radius 1 is 0.971 bits per heavy atom. The molecule has 3 aromatic rings. The number of benzene rings is 1. The number of likely N-dealkylation sites (tertiary alicyclic amines) is 2. The van der Waals surface area contributed by atoms with Crippen LogP contribution in [0.1, 0.15) is 39.8 Å². The Kier molecular flexibility index (Phi) is 6.39. The molecular weight excluding hydrogens is 424 g/mol. The highest BCUT2D eigenvalue weighted by molar-refractivity contribution is 5.96. The van der Waals surface area contributed by atoms with Crippen molar-refractivity contribution in [1.29, 1.82) is 0 Å². The van der Waals surface area contributed by atoms with E-state index in [1.54, 1.807) is 12.4 Å². The third-order valence-electron chi connectivity index (χ3n) is 7.26. The summed E-state index contributed by atoms with van der Waals surface area (Å²) < 4.78 is 0. The first-order valence-corrected chi connectivity index (χ1v) is 12.1. The average Bonchev–Trinajstić information content (AvgIpc) is 3.42. The van der Waals surface area contributed by atoms with E-state index in [1.165, 1.54) is 5.56 Å². The maximum absolute atomic E-state index is 13.4. The van der Waals surface area contributed by atoms with Crippen molar-refractivity contribution in [3.05, 3.63) is 77.4 Å². The Hall–Kier alpha value is -3.16. The van der Waals surface area contributed by atoms with Gasteiger partial charge in [0.1, 0.15) is 0 Å². The zero-order chi connectivity index (χ0) is 23.7. The molecule has 4 heterocycles. The minimum absolute atomic E-state index is 0.0586. The third-order valence-corrected chi connectivity index (χ3v) is 7.26. The molecule has 7 nitrogen and oxygen atoms in total. The van der Waals surface area contributed by atoms with E-state index in [-0.39, 0.29) is 11.9 Å². The summed E-state index contributed by atoms with van der Waals surface area (Å²) in [4.78, 5) is 31.3. The quantitative estimate of drug-likeness (QED) is 0.613. The number of rotatable bonds is 6. The molecule has 0 spiro atoms. The highest BCUT2D eigenvalue weighted by Gasteiger charge is 2.42. The van der Waals surface area contributed by atoms with E-state index in [0.29, 0.717) is 23.2 Å². The number of carbonyl (C=O) groups excluding carboxylic acids is 1. The van der Waals surface area contributed by atoms with Crippen molar-refractivity contribution in [1.82, 2.24) is 24.8 Å². The van der Waals surface area contributed by atoms with Crippen LogP contribution in [0.3, 0.4) is 0 Å². The summed E-state index contributed by atoms with van der Waals surface area (Å²) in [6, 6.07) is 14.2. The van der Waals surface area contributed by atoms with E-state index in [0.717, 1.165) is 56.1 Å². The molecule has 0 bridgehead atoms. The monoisotopic (exact) mass is 456 g/mol. The van der Waals surface area contributed by atoms with Gasteiger partial charge in [-0.2, -0.15) is 0 Å². The molecule has 5 rings (SSSR count). The summed E-state index contributed by atoms with van der Waals surface area (Å²) in [7, 11) is 0. The summed E-state index contributed by atoms with van der Waals surface area (Å²) in [5.74, 6) is 1.74. The van der Waals surface area contributed by atoms with Crippen LogP contribution in [-0.4, -0.2) is 63.4 Å². The molecule has 176 valence electrons. The van der Waals surface area contributed by atoms with E-state index in [9.17, 15) is 4.79 Å². The van der Waals surface area contributed by atoms with Gasteiger partial charge < -0.3 is 15.5 Å². The van der Waals surface area contributed by atoms with Gasteiger partial charge in [0.05, 0.1) is 17.0 Å². The van der Waals surface area contributed by atoms with Crippen molar-refractivity contribution in [2.45, 2.75) is 26.3 Å². The van der Waals surface area contributed by atoms with Gasteiger partial charge >= 0.3 is 0 Å². The molecule has 2 aromatic heterocycles. The summed E-state index contributed by atoms with van der Waals surface area (Å²) in [6.07, 6.45) is 4.40. The molecule has 3 atom stereocenters. The van der Waals surface area contributed by atoms with Gasteiger partial charge in [-0.15, -0.1) is 0 Å². The summed E-state index contributed by atoms with van der Waals surface area (Å²) in [5.41, 5.74) is 10.6. The van der Waals surface area contributed by atoms with Crippen molar-refractivity contribution < 1.29 is 4.79 Å². The molecule has 34 heavy (non-hydrogen) atoms. The predicted molar refractivity (Wildman–Crippen MR) is 132 cm³/mol. The summed E-state index contributed by atoms with van der Waals surface area (Å²) >= 11 is 0. The zero-order valence-corrected chi connectivity index (χ0v) is 19.9. The second kappa shape index (κ2) is 9.60. The second-order valence-electron chi connectivity index (χ2n) is 9.62. The van der Waals surface area contributed by atoms with E-state index in [1.807, 2.05) is 49.1 Å². The van der Waals surface area contributed by atoms with E-state index < -0.39 is 0 Å². The lowest BCUT2D eigenvalue weighted by molar-refractivity contribution is 0.0771. The van der Waals surface area contributed by atoms with Crippen molar-refractivity contribution in [3.63, 3.8) is 0 Å². The predicted octanol–water partition coefficient (Wildman–Crippen LogP) is 3.25. The molecule has 2 fully saturated rings. The first-order chi connectivity index (χ1) is 16.5. The smallest absolute Gasteiger partial charge is 0.257 e. The van der Waals surface area contributed by atoms with Crippen LogP contribution in [-0.2, 0) is 0 Å². The van der Waals surface area contributed by atoms with Crippen LogP contribution in [0.5, 0.6) is 0 Å². The number of pyridine rings is 1. The standard InChI is InChI=1S/C27H32N6O/c1-18-25(19(2)31-26(30-18)21-8-11-29-12-9-21)27(34)33-16-22-14-32(15-23(22)17-33)13-10-24(28)20-6-4-3-5-7-20/h3-9,11-12,22-24H,10,13-17,28H2,1-2H3. The lowest BCUT2D eigenvalue weighted by atomic mass is 10.0. The summed E-state index contributed by atoms with van der Waals surface area (Å²) in [5, 5.41) is 0. The van der Waals surface area contributed by atoms with Gasteiger partial charge in [0.2, 0.25) is 0 Å². The first kappa shape index (κ1) is 22.6. The number of aromatic nitrogens is 3. The highest BCUT2D eigenvalue weighted by atomic mass is 16.2. The van der Waals surface area contributed by atoms with Crippen molar-refractivity contribution >= 4 is 5.91 Å². The molecular formula is C27H32N6O. The fourth-order valence-electron chi connectivity index (χ4n) is 5.44. The Labute approximate surface area is 201 Å². The minimum atomic E-state index is 0.0586. The van der Waals surface area contributed by atoms with Crippen LogP contribution in [0.25, 0.3) is 11.4 Å². The van der Waals surface area contributed by atoms with Crippen molar-refractivity contribution in [3.8, 4) is 11.4 Å². The Balaban J connectivity index is 1.19. The maximum atomic E-state index is 13.4. The number of hydrogen-bond donors (Lipinski definition) is 1. The third kappa shape index (κ3) is 4.58. The first-order valence-electron chi connectivity index (χ1n) is 12.1. The number of hydrogen-bond acceptors (Lipinski definition) is 6. The van der Waals surface area contributed by atoms with Crippen molar-refractivity contribution in [2.24, 2.45) is 17.6 Å². The highest BCUT2D eigenvalue weighted by Crippen LogP contribution is 2.33. The molecule has 2 N–H and O–H groups in total. The number of nitrogens with two attached hydrogens (primary N) is 1. The van der Waals surface area contributed by atoms with Crippen LogP contribution in [0.2, 0.25) is 0 Å². The molecule has 7 heteroatoms. The van der Waals surface area contributed by atoms with E-state index in [4.69, 9.17) is 5.73 Å². The Morgan fingerprint density at radius 3 is 2.21 bits per heavy atom. The molecule has 0 aliphatic carbocycles. The normalized spacial score (nSPS) is 21.0. The Morgan fingerprint density at radius 2 is 1.59 bits per heavy atom. The van der Waals surface area contributed by atoms with Gasteiger partial charge in [0.15, 0.2) is 5.82 Å². The zero-order valence-electron chi connectivity index (χ0n) is 19.9. The number of fused-ring (bicyclic) bond motifs is 1. The number of aryl methyl sites for hydroxylation is 2. The Bertz CT molecular complexity index is 1120. The second-order valence-corrected chi connectivity index (χ2v) is 9.62. The largest absolute Gasteiger partial charge is 0.338 e. The average molecular weight is 457 g/mol. The lowest BCUT2D eigenvalue weighted by Crippen LogP contribution is -2.35. The topological polar surface area (TPSA) is 88.2 Å². The van der Waals surface area contributed by atoms with Crippen LogP contribution in [0.15, 0.2) is 54.9 Å². The van der Waals surface area contributed by atoms with Crippen LogP contribution in [0.4, 0.5) is 0 Å². The minimum Gasteiger partial charge on any atom is -0.338 e. The molecule has 3 unspecified atom stereocenters. The number of amides is 1. The molecule has 1 aromatic carbocycles. The molecule has 0 radical (unpaired) electrons. The fraction of sp³-hybridized carbons (Fsp3) is 0.407. The van der Waals surface area contributed by atoms with Gasteiger partial charge in [-0.3, -0.25) is 9.78 Å². The van der Waals surface area contributed by atoms with E-state index in [2.05, 4.69) is 32.0 Å². The van der Waals surface area contributed by atoms with Crippen molar-refractivity contribution in [2.75, 3.05) is 32.7 Å². The lowest BCUT2D eigenvalue weighted by Gasteiger charge is -2.23. The number of nitrogens with zero attached hydrogens (tertiary/aromatic N) is 5. The van der Waals surface area contributed by atoms with Crippen LogP contribution >= 0.6 is 0 Å². The molecule has 0 saturated carbocycles. The SMILES string of the molecule is Cc1nc(-c2ccncc2)nc(C)c1C(=O)N1CC2CN(CCC(N)c3ccccc3)CC2C1.